The summed E-state index contributed by atoms with van der Waals surface area (Å²) in [5, 5.41) is 9.18. The van der Waals surface area contributed by atoms with E-state index in [1.54, 1.807) is 18.2 Å². The lowest BCUT2D eigenvalue weighted by Gasteiger charge is -2.05. The third-order valence-corrected chi connectivity index (χ3v) is 2.06. The number of halogens is 1. The molecule has 0 amide bonds. The highest BCUT2D eigenvalue weighted by molar-refractivity contribution is 6.31. The molecule has 0 aliphatic carbocycles. The van der Waals surface area contributed by atoms with E-state index in [1.165, 1.54) is 6.07 Å². The zero-order chi connectivity index (χ0) is 11.4. The lowest BCUT2D eigenvalue weighted by Crippen LogP contribution is -2.04. The van der Waals surface area contributed by atoms with Crippen molar-refractivity contribution in [2.45, 2.75) is 0 Å². The molecular weight excluding hydrogens is 216 g/mol. The van der Waals surface area contributed by atoms with Gasteiger partial charge in [0.1, 0.15) is 0 Å². The average molecular weight is 227 g/mol. The van der Waals surface area contributed by atoms with Gasteiger partial charge in [-0.3, -0.25) is 0 Å². The second kappa shape index (κ2) is 4.82. The molecule has 1 aromatic carbocycles. The van der Waals surface area contributed by atoms with Crippen LogP contribution in [-0.4, -0.2) is 17.6 Å². The molecule has 0 aliphatic heterocycles. The highest BCUT2D eigenvalue weighted by Crippen LogP contribution is 2.24. The molecule has 0 heterocycles. The number of hydrogen-bond acceptors (Lipinski definition) is 3. The number of nitrogens with two attached hydrogens (primary N) is 2. The molecule has 0 bridgehead atoms. The lowest BCUT2D eigenvalue weighted by atomic mass is 10.1. The van der Waals surface area contributed by atoms with Crippen molar-refractivity contribution in [2.24, 2.45) is 5.73 Å². The van der Waals surface area contributed by atoms with Crippen LogP contribution >= 0.6 is 11.6 Å². The number of benzene rings is 1. The van der Waals surface area contributed by atoms with Crippen molar-refractivity contribution in [1.29, 1.82) is 0 Å². The minimum atomic E-state index is -1.10. The number of carboxylic acids is 1. The highest BCUT2D eigenvalue weighted by atomic mass is 35.5. The molecule has 1 rings (SSSR count). The first-order chi connectivity index (χ1) is 7.06. The summed E-state index contributed by atoms with van der Waals surface area (Å²) < 4.78 is 0. The van der Waals surface area contributed by atoms with Crippen LogP contribution in [0.2, 0.25) is 5.02 Å². The van der Waals surface area contributed by atoms with Gasteiger partial charge in [0.05, 0.1) is 11.3 Å². The van der Waals surface area contributed by atoms with Crippen molar-refractivity contribution >= 4 is 29.3 Å². The van der Waals surface area contributed by atoms with E-state index in [-0.39, 0.29) is 11.3 Å². The maximum atomic E-state index is 10.8. The van der Waals surface area contributed by atoms with Crippen LogP contribution in [0.3, 0.4) is 0 Å². The van der Waals surface area contributed by atoms with Gasteiger partial charge in [0, 0.05) is 11.6 Å². The third kappa shape index (κ3) is 2.71. The van der Waals surface area contributed by atoms with Gasteiger partial charge in [0.2, 0.25) is 0 Å². The van der Waals surface area contributed by atoms with Crippen LogP contribution in [0.25, 0.3) is 6.08 Å². The summed E-state index contributed by atoms with van der Waals surface area (Å²) in [6.45, 7) is 0.356. The predicted molar refractivity (Wildman–Crippen MR) is 60.9 cm³/mol. The molecule has 0 aliphatic rings. The Morgan fingerprint density at radius 2 is 2.20 bits per heavy atom. The van der Waals surface area contributed by atoms with E-state index in [2.05, 4.69) is 0 Å². The highest BCUT2D eigenvalue weighted by Gasteiger charge is 2.11. The van der Waals surface area contributed by atoms with Gasteiger partial charge in [-0.25, -0.2) is 4.79 Å². The first-order valence-corrected chi connectivity index (χ1v) is 4.63. The average Bonchev–Trinajstić information content (AvgIpc) is 2.18. The van der Waals surface area contributed by atoms with Gasteiger partial charge >= 0.3 is 5.97 Å². The minimum absolute atomic E-state index is 0.000767. The van der Waals surface area contributed by atoms with Crippen molar-refractivity contribution in [2.75, 3.05) is 12.3 Å². The molecule has 0 saturated carbocycles. The van der Waals surface area contributed by atoms with Crippen LogP contribution in [0.5, 0.6) is 0 Å². The molecule has 1 aromatic rings. The quantitative estimate of drug-likeness (QED) is 0.683. The maximum absolute atomic E-state index is 10.8. The van der Waals surface area contributed by atoms with E-state index in [0.717, 1.165) is 0 Å². The Balaban J connectivity index is 3.28. The van der Waals surface area contributed by atoms with Gasteiger partial charge in [-0.05, 0) is 17.7 Å². The normalized spacial score (nSPS) is 10.8. The number of carboxylic acid groups (broad SMARTS) is 1. The Bertz CT molecular complexity index is 416. The summed E-state index contributed by atoms with van der Waals surface area (Å²) in [5.41, 5.74) is 11.7. The largest absolute Gasteiger partial charge is 0.478 e. The number of anilines is 1. The van der Waals surface area contributed by atoms with E-state index >= 15 is 0 Å². The molecule has 4 nitrogen and oxygen atoms in total. The van der Waals surface area contributed by atoms with Gasteiger partial charge in [-0.2, -0.15) is 0 Å². The first kappa shape index (κ1) is 11.6. The van der Waals surface area contributed by atoms with Gasteiger partial charge in [0.25, 0.3) is 0 Å². The molecule has 0 spiro atoms. The van der Waals surface area contributed by atoms with E-state index < -0.39 is 5.97 Å². The molecule has 5 N–H and O–H groups in total. The zero-order valence-electron chi connectivity index (χ0n) is 7.90. The van der Waals surface area contributed by atoms with E-state index in [4.69, 9.17) is 28.2 Å². The smallest absolute Gasteiger partial charge is 0.337 e. The lowest BCUT2D eigenvalue weighted by molar-refractivity contribution is 0.0698. The molecule has 0 unspecified atom stereocenters. The van der Waals surface area contributed by atoms with E-state index in [0.29, 0.717) is 17.1 Å². The van der Waals surface area contributed by atoms with Gasteiger partial charge in [0.15, 0.2) is 0 Å². The van der Waals surface area contributed by atoms with Gasteiger partial charge in [-0.15, -0.1) is 0 Å². The Morgan fingerprint density at radius 1 is 1.53 bits per heavy atom. The predicted octanol–water partition coefficient (Wildman–Crippen LogP) is 1.59. The Labute approximate surface area is 92.1 Å². The Kier molecular flexibility index (Phi) is 3.71. The molecule has 0 aromatic heterocycles. The number of rotatable bonds is 3. The molecular formula is C10H11ClN2O2. The van der Waals surface area contributed by atoms with Crippen LogP contribution in [-0.2, 0) is 0 Å². The fourth-order valence-corrected chi connectivity index (χ4v) is 1.38. The molecule has 0 radical (unpaired) electrons. The molecule has 0 atom stereocenters. The number of hydrogen-bond donors (Lipinski definition) is 3. The van der Waals surface area contributed by atoms with Crippen LogP contribution < -0.4 is 11.5 Å². The Morgan fingerprint density at radius 3 is 2.73 bits per heavy atom. The van der Waals surface area contributed by atoms with Crippen molar-refractivity contribution in [3.63, 3.8) is 0 Å². The molecule has 5 heteroatoms. The fourth-order valence-electron chi connectivity index (χ4n) is 1.15. The topological polar surface area (TPSA) is 89.3 Å². The zero-order valence-corrected chi connectivity index (χ0v) is 8.66. The van der Waals surface area contributed by atoms with Crippen molar-refractivity contribution in [3.05, 3.63) is 34.4 Å². The maximum Gasteiger partial charge on any atom is 0.337 e. The second-order valence-electron chi connectivity index (χ2n) is 2.90. The summed E-state index contributed by atoms with van der Waals surface area (Å²) in [5.74, 6) is -1.10. The van der Waals surface area contributed by atoms with E-state index in [1.807, 2.05) is 0 Å². The summed E-state index contributed by atoms with van der Waals surface area (Å²) in [6.07, 6.45) is 3.32. The van der Waals surface area contributed by atoms with Gasteiger partial charge < -0.3 is 16.6 Å². The number of aromatic carboxylic acids is 1. The summed E-state index contributed by atoms with van der Waals surface area (Å²) in [6, 6.07) is 2.91. The van der Waals surface area contributed by atoms with Crippen molar-refractivity contribution < 1.29 is 9.90 Å². The van der Waals surface area contributed by atoms with Crippen LogP contribution in [0.4, 0.5) is 5.69 Å². The summed E-state index contributed by atoms with van der Waals surface area (Å²) >= 11 is 5.76. The molecule has 80 valence electrons. The SMILES string of the molecule is NCC=Cc1cc(Cl)cc(C(=O)O)c1N. The van der Waals surface area contributed by atoms with Crippen LogP contribution in [0, 0.1) is 0 Å². The first-order valence-electron chi connectivity index (χ1n) is 4.25. The molecule has 0 saturated heterocycles. The summed E-state index contributed by atoms with van der Waals surface area (Å²) in [4.78, 5) is 10.8. The van der Waals surface area contributed by atoms with E-state index in [9.17, 15) is 4.79 Å². The number of nitrogen functional groups attached to an aromatic ring is 1. The van der Waals surface area contributed by atoms with Crippen molar-refractivity contribution in [1.82, 2.24) is 0 Å². The van der Waals surface area contributed by atoms with Crippen molar-refractivity contribution in [3.8, 4) is 0 Å². The minimum Gasteiger partial charge on any atom is -0.478 e. The standard InChI is InChI=1S/C10H11ClN2O2/c11-7-4-6(2-1-3-12)9(13)8(5-7)10(14)15/h1-2,4-5H,3,12-13H2,(H,14,15). The molecule has 15 heavy (non-hydrogen) atoms. The second-order valence-corrected chi connectivity index (χ2v) is 3.34. The van der Waals surface area contributed by atoms with Gasteiger partial charge in [-0.1, -0.05) is 23.8 Å². The fraction of sp³-hybridized carbons (Fsp3) is 0.100. The Hall–Kier alpha value is -1.52. The molecule has 0 fully saturated rings. The van der Waals surface area contributed by atoms with Crippen LogP contribution in [0.15, 0.2) is 18.2 Å². The third-order valence-electron chi connectivity index (χ3n) is 1.84. The monoisotopic (exact) mass is 226 g/mol. The number of carbonyl (C=O) groups is 1. The summed E-state index contributed by atoms with van der Waals surface area (Å²) in [7, 11) is 0. The van der Waals surface area contributed by atoms with Crippen LogP contribution in [0.1, 0.15) is 15.9 Å².